The third-order valence-corrected chi connectivity index (χ3v) is 4.11. The Hall–Kier alpha value is -3.00. The van der Waals surface area contributed by atoms with E-state index in [2.05, 4.69) is 11.2 Å². The van der Waals surface area contributed by atoms with Crippen LogP contribution in [0.4, 0.5) is 0 Å². The van der Waals surface area contributed by atoms with Gasteiger partial charge in [-0.3, -0.25) is 0 Å². The molecule has 136 valence electrons. The maximum atomic E-state index is 12.8. The average molecular weight is 353 g/mol. The van der Waals surface area contributed by atoms with Gasteiger partial charge in [0.1, 0.15) is 0 Å². The summed E-state index contributed by atoms with van der Waals surface area (Å²) in [4.78, 5) is 25.3. The van der Waals surface area contributed by atoms with Gasteiger partial charge in [0.25, 0.3) is 0 Å². The van der Waals surface area contributed by atoms with Crippen molar-refractivity contribution >= 4 is 11.9 Å². The molecule has 0 aliphatic carbocycles. The summed E-state index contributed by atoms with van der Waals surface area (Å²) in [5, 5.41) is 3.09. The first kappa shape index (κ1) is 19.3. The first-order chi connectivity index (χ1) is 12.3. The van der Waals surface area contributed by atoms with Crippen molar-refractivity contribution in [1.82, 2.24) is 5.32 Å². The number of methoxy groups -OCH3 is 1. The molecule has 1 aliphatic heterocycles. The molecule has 1 unspecified atom stereocenters. The van der Waals surface area contributed by atoms with Crippen LogP contribution in [-0.4, -0.2) is 25.2 Å². The zero-order chi connectivity index (χ0) is 19.4. The molecule has 0 saturated carbocycles. The van der Waals surface area contributed by atoms with Gasteiger partial charge in [-0.05, 0) is 45.4 Å². The Morgan fingerprint density at radius 3 is 2.31 bits per heavy atom. The standard InChI is InChI=1S/C21H23NO4/c1-7-15-9-8-10-16(11-15)19-17(20(23)25-6)13(4)22-14(5)18(19)21(24)26-12(2)3/h1,8-12,19,22H,2-6H3. The van der Waals surface area contributed by atoms with Gasteiger partial charge in [0.15, 0.2) is 0 Å². The summed E-state index contributed by atoms with van der Waals surface area (Å²) < 4.78 is 10.4. The number of nitrogens with one attached hydrogen (secondary N) is 1. The highest BCUT2D eigenvalue weighted by molar-refractivity contribution is 5.99. The third-order valence-electron chi connectivity index (χ3n) is 4.11. The second-order valence-corrected chi connectivity index (χ2v) is 6.35. The van der Waals surface area contributed by atoms with Crippen molar-refractivity contribution in [3.8, 4) is 12.3 Å². The molecule has 1 aromatic carbocycles. The van der Waals surface area contributed by atoms with Gasteiger partial charge in [-0.1, -0.05) is 18.1 Å². The van der Waals surface area contributed by atoms with E-state index in [1.54, 1.807) is 45.9 Å². The van der Waals surface area contributed by atoms with E-state index in [0.717, 1.165) is 5.56 Å². The van der Waals surface area contributed by atoms with E-state index in [9.17, 15) is 9.59 Å². The van der Waals surface area contributed by atoms with E-state index < -0.39 is 17.9 Å². The molecule has 1 aromatic rings. The molecule has 5 nitrogen and oxygen atoms in total. The highest BCUT2D eigenvalue weighted by Gasteiger charge is 2.38. The lowest BCUT2D eigenvalue weighted by atomic mass is 9.80. The van der Waals surface area contributed by atoms with Crippen LogP contribution in [0.1, 0.15) is 44.7 Å². The molecule has 2 rings (SSSR count). The number of carbonyl (C=O) groups excluding carboxylic acids is 2. The van der Waals surface area contributed by atoms with E-state index in [1.165, 1.54) is 7.11 Å². The Bertz CT molecular complexity index is 840. The summed E-state index contributed by atoms with van der Waals surface area (Å²) in [6.45, 7) is 7.12. The fraction of sp³-hybridized carbons (Fsp3) is 0.333. The van der Waals surface area contributed by atoms with Crippen molar-refractivity contribution in [1.29, 1.82) is 0 Å². The van der Waals surface area contributed by atoms with Gasteiger partial charge in [0.05, 0.1) is 30.3 Å². The molecule has 0 radical (unpaired) electrons. The van der Waals surface area contributed by atoms with Crippen LogP contribution < -0.4 is 5.32 Å². The van der Waals surface area contributed by atoms with Crippen molar-refractivity contribution in [3.63, 3.8) is 0 Å². The van der Waals surface area contributed by atoms with E-state index in [-0.39, 0.29) is 6.10 Å². The van der Waals surface area contributed by atoms with Gasteiger partial charge in [-0.2, -0.15) is 0 Å². The van der Waals surface area contributed by atoms with Gasteiger partial charge < -0.3 is 14.8 Å². The molecule has 0 aromatic heterocycles. The molecule has 1 heterocycles. The number of dihydropyridines is 1. The van der Waals surface area contributed by atoms with Crippen LogP contribution in [0.15, 0.2) is 46.8 Å². The fourth-order valence-electron chi connectivity index (χ4n) is 3.06. The van der Waals surface area contributed by atoms with Crippen molar-refractivity contribution in [2.24, 2.45) is 0 Å². The number of hydrogen-bond donors (Lipinski definition) is 1. The van der Waals surface area contributed by atoms with Crippen molar-refractivity contribution in [2.45, 2.75) is 39.7 Å². The highest BCUT2D eigenvalue weighted by Crippen LogP contribution is 2.39. The molecular weight excluding hydrogens is 330 g/mol. The average Bonchev–Trinajstić information content (AvgIpc) is 2.59. The van der Waals surface area contributed by atoms with Crippen LogP contribution in [0.3, 0.4) is 0 Å². The lowest BCUT2D eigenvalue weighted by Crippen LogP contribution is -2.33. The SMILES string of the molecule is C#Cc1cccc(C2C(C(=O)OC)=C(C)NC(C)=C2C(=O)OC(C)C)c1. The second kappa shape index (κ2) is 7.92. The Morgan fingerprint density at radius 2 is 1.77 bits per heavy atom. The van der Waals surface area contributed by atoms with Crippen LogP contribution >= 0.6 is 0 Å². The molecule has 5 heteroatoms. The highest BCUT2D eigenvalue weighted by atomic mass is 16.5. The number of terminal acetylenes is 1. The summed E-state index contributed by atoms with van der Waals surface area (Å²) in [6, 6.07) is 7.23. The molecule has 0 amide bonds. The number of hydrogen-bond acceptors (Lipinski definition) is 5. The van der Waals surface area contributed by atoms with Crippen LogP contribution in [0.5, 0.6) is 0 Å². The normalized spacial score (nSPS) is 16.9. The monoisotopic (exact) mass is 353 g/mol. The molecule has 1 atom stereocenters. The minimum Gasteiger partial charge on any atom is -0.466 e. The largest absolute Gasteiger partial charge is 0.466 e. The van der Waals surface area contributed by atoms with Crippen molar-refractivity contribution < 1.29 is 19.1 Å². The summed E-state index contributed by atoms with van der Waals surface area (Å²) in [5.41, 5.74) is 3.40. The molecule has 0 saturated heterocycles. The van der Waals surface area contributed by atoms with E-state index in [1.807, 2.05) is 6.07 Å². The number of ether oxygens (including phenoxy) is 2. The third kappa shape index (κ3) is 3.80. The number of benzene rings is 1. The summed E-state index contributed by atoms with van der Waals surface area (Å²) in [7, 11) is 1.31. The van der Waals surface area contributed by atoms with Gasteiger partial charge in [0.2, 0.25) is 0 Å². The smallest absolute Gasteiger partial charge is 0.337 e. The van der Waals surface area contributed by atoms with E-state index >= 15 is 0 Å². The first-order valence-electron chi connectivity index (χ1n) is 8.34. The fourth-order valence-corrected chi connectivity index (χ4v) is 3.06. The quantitative estimate of drug-likeness (QED) is 0.666. The van der Waals surface area contributed by atoms with Crippen LogP contribution in [0.2, 0.25) is 0 Å². The maximum absolute atomic E-state index is 12.8. The van der Waals surface area contributed by atoms with Crippen molar-refractivity contribution in [3.05, 3.63) is 57.9 Å². The van der Waals surface area contributed by atoms with Crippen LogP contribution in [-0.2, 0) is 19.1 Å². The maximum Gasteiger partial charge on any atom is 0.337 e. The molecular formula is C21H23NO4. The zero-order valence-electron chi connectivity index (χ0n) is 15.7. The molecule has 0 fully saturated rings. The summed E-state index contributed by atoms with van der Waals surface area (Å²) >= 11 is 0. The topological polar surface area (TPSA) is 64.6 Å². The molecule has 26 heavy (non-hydrogen) atoms. The number of allylic oxidation sites excluding steroid dienone is 2. The second-order valence-electron chi connectivity index (χ2n) is 6.35. The predicted octanol–water partition coefficient (Wildman–Crippen LogP) is 3.03. The lowest BCUT2D eigenvalue weighted by Gasteiger charge is -2.30. The first-order valence-corrected chi connectivity index (χ1v) is 8.34. The van der Waals surface area contributed by atoms with Gasteiger partial charge >= 0.3 is 11.9 Å². The van der Waals surface area contributed by atoms with Crippen LogP contribution in [0, 0.1) is 12.3 Å². The van der Waals surface area contributed by atoms with Gasteiger partial charge in [-0.25, -0.2) is 9.59 Å². The van der Waals surface area contributed by atoms with E-state index in [4.69, 9.17) is 15.9 Å². The Morgan fingerprint density at radius 1 is 1.15 bits per heavy atom. The predicted molar refractivity (Wildman–Crippen MR) is 98.9 cm³/mol. The Labute approximate surface area is 154 Å². The van der Waals surface area contributed by atoms with Gasteiger partial charge in [0, 0.05) is 17.0 Å². The minimum absolute atomic E-state index is 0.283. The molecule has 0 bridgehead atoms. The van der Waals surface area contributed by atoms with E-state index in [0.29, 0.717) is 28.1 Å². The summed E-state index contributed by atoms with van der Waals surface area (Å²) in [6.07, 6.45) is 5.23. The molecule has 1 N–H and O–H groups in total. The minimum atomic E-state index is -0.622. The van der Waals surface area contributed by atoms with Crippen molar-refractivity contribution in [2.75, 3.05) is 7.11 Å². The number of esters is 2. The Balaban J connectivity index is 2.68. The number of rotatable bonds is 4. The zero-order valence-corrected chi connectivity index (χ0v) is 15.7. The molecule has 1 aliphatic rings. The Kier molecular flexibility index (Phi) is 5.89. The van der Waals surface area contributed by atoms with Gasteiger partial charge in [-0.15, -0.1) is 6.42 Å². The molecule has 0 spiro atoms. The summed E-state index contributed by atoms with van der Waals surface area (Å²) in [5.74, 6) is 0.978. The van der Waals surface area contributed by atoms with Crippen LogP contribution in [0.25, 0.3) is 0 Å². The number of carbonyl (C=O) groups is 2. The lowest BCUT2D eigenvalue weighted by molar-refractivity contribution is -0.143.